The number of hydrogen-bond acceptors (Lipinski definition) is 2. The van der Waals surface area contributed by atoms with Crippen molar-refractivity contribution in [2.45, 2.75) is 26.4 Å². The van der Waals surface area contributed by atoms with Gasteiger partial charge >= 0.3 is 0 Å². The second-order valence-electron chi connectivity index (χ2n) is 3.55. The molecule has 1 fully saturated rings. The molecule has 0 aromatic rings. The Kier molecular flexibility index (Phi) is 2.32. The Morgan fingerprint density at radius 2 is 2.30 bits per heavy atom. The zero-order valence-electron chi connectivity index (χ0n) is 7.02. The maximum atomic E-state index is 5.48. The van der Waals surface area contributed by atoms with Crippen LogP contribution in [0, 0.1) is 5.41 Å². The summed E-state index contributed by atoms with van der Waals surface area (Å²) < 4.78 is 10.5. The van der Waals surface area contributed by atoms with Crippen LogP contribution in [0.5, 0.6) is 0 Å². The molecule has 0 spiro atoms. The van der Waals surface area contributed by atoms with E-state index < -0.39 is 0 Å². The zero-order valence-corrected chi connectivity index (χ0v) is 7.02. The van der Waals surface area contributed by atoms with Gasteiger partial charge < -0.3 is 9.47 Å². The quantitative estimate of drug-likeness (QED) is 0.584. The highest BCUT2D eigenvalue weighted by Crippen LogP contribution is 2.33. The van der Waals surface area contributed by atoms with Crippen LogP contribution < -0.4 is 0 Å². The molecule has 0 amide bonds. The van der Waals surface area contributed by atoms with Crippen molar-refractivity contribution in [2.75, 3.05) is 20.3 Å². The van der Waals surface area contributed by atoms with Crippen LogP contribution in [0.3, 0.4) is 0 Å². The Labute approximate surface area is 62.5 Å². The fourth-order valence-electron chi connectivity index (χ4n) is 1.28. The number of methoxy groups -OCH3 is 1. The SMILES string of the molecule is COCC1OCCC1(C)C. The van der Waals surface area contributed by atoms with E-state index in [4.69, 9.17) is 9.47 Å². The third kappa shape index (κ3) is 1.50. The molecular weight excluding hydrogens is 128 g/mol. The molecule has 1 rings (SSSR count). The molecule has 60 valence electrons. The normalized spacial score (nSPS) is 30.9. The van der Waals surface area contributed by atoms with E-state index in [1.165, 1.54) is 0 Å². The lowest BCUT2D eigenvalue weighted by Crippen LogP contribution is -2.28. The first-order valence-corrected chi connectivity index (χ1v) is 3.77. The van der Waals surface area contributed by atoms with Gasteiger partial charge in [0.2, 0.25) is 0 Å². The Morgan fingerprint density at radius 3 is 2.70 bits per heavy atom. The monoisotopic (exact) mass is 144 g/mol. The van der Waals surface area contributed by atoms with Crippen molar-refractivity contribution in [1.82, 2.24) is 0 Å². The molecule has 2 heteroatoms. The summed E-state index contributed by atoms with van der Waals surface area (Å²) in [5.74, 6) is 0. The van der Waals surface area contributed by atoms with Crippen molar-refractivity contribution in [3.05, 3.63) is 0 Å². The highest BCUT2D eigenvalue weighted by Gasteiger charge is 2.35. The summed E-state index contributed by atoms with van der Waals surface area (Å²) in [6.45, 7) is 6.07. The molecule has 0 bridgehead atoms. The maximum Gasteiger partial charge on any atom is 0.0859 e. The van der Waals surface area contributed by atoms with Crippen molar-refractivity contribution in [3.63, 3.8) is 0 Å². The smallest absolute Gasteiger partial charge is 0.0859 e. The summed E-state index contributed by atoms with van der Waals surface area (Å²) in [7, 11) is 1.72. The van der Waals surface area contributed by atoms with E-state index in [-0.39, 0.29) is 0 Å². The van der Waals surface area contributed by atoms with E-state index in [2.05, 4.69) is 13.8 Å². The fourth-order valence-corrected chi connectivity index (χ4v) is 1.28. The van der Waals surface area contributed by atoms with E-state index in [1.54, 1.807) is 7.11 Å². The fraction of sp³-hybridized carbons (Fsp3) is 1.00. The molecule has 1 unspecified atom stereocenters. The van der Waals surface area contributed by atoms with Crippen molar-refractivity contribution in [3.8, 4) is 0 Å². The summed E-state index contributed by atoms with van der Waals surface area (Å²) in [6.07, 6.45) is 1.46. The average Bonchev–Trinajstić information content (AvgIpc) is 2.13. The minimum Gasteiger partial charge on any atom is -0.382 e. The van der Waals surface area contributed by atoms with E-state index in [1.807, 2.05) is 0 Å². The third-order valence-corrected chi connectivity index (χ3v) is 2.26. The predicted molar refractivity (Wildman–Crippen MR) is 40.0 cm³/mol. The Balaban J connectivity index is 2.43. The van der Waals surface area contributed by atoms with Crippen LogP contribution in [0.2, 0.25) is 0 Å². The first-order valence-electron chi connectivity index (χ1n) is 3.77. The van der Waals surface area contributed by atoms with Gasteiger partial charge in [-0.25, -0.2) is 0 Å². The average molecular weight is 144 g/mol. The zero-order chi connectivity index (χ0) is 7.61. The molecule has 1 atom stereocenters. The summed E-state index contributed by atoms with van der Waals surface area (Å²) in [6, 6.07) is 0. The van der Waals surface area contributed by atoms with Gasteiger partial charge in [0.25, 0.3) is 0 Å². The topological polar surface area (TPSA) is 18.5 Å². The molecule has 1 saturated heterocycles. The summed E-state index contributed by atoms with van der Waals surface area (Å²) >= 11 is 0. The van der Waals surface area contributed by atoms with Gasteiger partial charge in [-0.1, -0.05) is 13.8 Å². The number of rotatable bonds is 2. The van der Waals surface area contributed by atoms with E-state index in [0.717, 1.165) is 19.6 Å². The van der Waals surface area contributed by atoms with E-state index in [9.17, 15) is 0 Å². The van der Waals surface area contributed by atoms with Gasteiger partial charge in [0.15, 0.2) is 0 Å². The second kappa shape index (κ2) is 2.89. The number of hydrogen-bond donors (Lipinski definition) is 0. The third-order valence-electron chi connectivity index (χ3n) is 2.26. The standard InChI is InChI=1S/C8H16O2/c1-8(2)4-5-10-7(8)6-9-3/h7H,4-6H2,1-3H3. The summed E-state index contributed by atoms with van der Waals surface area (Å²) in [5, 5.41) is 0. The molecule has 0 saturated carbocycles. The lowest BCUT2D eigenvalue weighted by molar-refractivity contribution is -0.000416. The van der Waals surface area contributed by atoms with E-state index >= 15 is 0 Å². The van der Waals surface area contributed by atoms with Gasteiger partial charge in [0, 0.05) is 13.7 Å². The van der Waals surface area contributed by atoms with Crippen LogP contribution in [-0.2, 0) is 9.47 Å². The molecule has 1 aliphatic heterocycles. The highest BCUT2D eigenvalue weighted by atomic mass is 16.5. The van der Waals surface area contributed by atoms with Gasteiger partial charge in [-0.2, -0.15) is 0 Å². The van der Waals surface area contributed by atoms with Crippen LogP contribution in [0.25, 0.3) is 0 Å². The van der Waals surface area contributed by atoms with Crippen LogP contribution in [0.15, 0.2) is 0 Å². The van der Waals surface area contributed by atoms with Crippen molar-refractivity contribution in [2.24, 2.45) is 5.41 Å². The predicted octanol–water partition coefficient (Wildman–Crippen LogP) is 1.45. The molecule has 1 heterocycles. The molecule has 0 aromatic carbocycles. The maximum absolute atomic E-state index is 5.48. The first kappa shape index (κ1) is 8.02. The molecule has 0 N–H and O–H groups in total. The van der Waals surface area contributed by atoms with Crippen LogP contribution >= 0.6 is 0 Å². The molecular formula is C8H16O2. The van der Waals surface area contributed by atoms with Crippen LogP contribution in [-0.4, -0.2) is 26.4 Å². The molecule has 2 nitrogen and oxygen atoms in total. The Hall–Kier alpha value is -0.0800. The van der Waals surface area contributed by atoms with Crippen LogP contribution in [0.4, 0.5) is 0 Å². The number of ether oxygens (including phenoxy) is 2. The second-order valence-corrected chi connectivity index (χ2v) is 3.55. The molecule has 0 aliphatic carbocycles. The van der Waals surface area contributed by atoms with Gasteiger partial charge in [0.1, 0.15) is 0 Å². The molecule has 1 aliphatic rings. The molecule has 0 aromatic heterocycles. The van der Waals surface area contributed by atoms with Gasteiger partial charge in [-0.15, -0.1) is 0 Å². The minimum atomic E-state index is 0.303. The first-order chi connectivity index (χ1) is 4.67. The van der Waals surface area contributed by atoms with Crippen molar-refractivity contribution >= 4 is 0 Å². The van der Waals surface area contributed by atoms with Crippen molar-refractivity contribution < 1.29 is 9.47 Å². The van der Waals surface area contributed by atoms with E-state index in [0.29, 0.717) is 11.5 Å². The Morgan fingerprint density at radius 1 is 1.60 bits per heavy atom. The summed E-state index contributed by atoms with van der Waals surface area (Å²) in [4.78, 5) is 0. The minimum absolute atomic E-state index is 0.303. The van der Waals surface area contributed by atoms with Gasteiger partial charge in [0.05, 0.1) is 12.7 Å². The van der Waals surface area contributed by atoms with Crippen molar-refractivity contribution in [1.29, 1.82) is 0 Å². The summed E-state index contributed by atoms with van der Waals surface area (Å²) in [5.41, 5.74) is 0.315. The molecule has 10 heavy (non-hydrogen) atoms. The van der Waals surface area contributed by atoms with Crippen LogP contribution in [0.1, 0.15) is 20.3 Å². The lowest BCUT2D eigenvalue weighted by atomic mass is 9.86. The lowest BCUT2D eigenvalue weighted by Gasteiger charge is -2.23. The Bertz CT molecular complexity index is 110. The van der Waals surface area contributed by atoms with Gasteiger partial charge in [-0.3, -0.25) is 0 Å². The molecule has 0 radical (unpaired) electrons. The van der Waals surface area contributed by atoms with Gasteiger partial charge in [-0.05, 0) is 11.8 Å². The highest BCUT2D eigenvalue weighted by molar-refractivity contribution is 4.83. The largest absolute Gasteiger partial charge is 0.382 e.